The number of nitrogens with zero attached hydrogens (tertiary/aromatic N) is 5. The van der Waals surface area contributed by atoms with Gasteiger partial charge in [-0.05, 0) is 83.8 Å². The van der Waals surface area contributed by atoms with E-state index >= 15 is 0 Å². The van der Waals surface area contributed by atoms with Crippen molar-refractivity contribution in [2.24, 2.45) is 0 Å². The van der Waals surface area contributed by atoms with Crippen molar-refractivity contribution < 1.29 is 0 Å². The Kier molecular flexibility index (Phi) is 7.97. The van der Waals surface area contributed by atoms with Gasteiger partial charge in [0.15, 0.2) is 11.6 Å². The maximum absolute atomic E-state index is 4.75. The molecule has 53 heavy (non-hydrogen) atoms. The summed E-state index contributed by atoms with van der Waals surface area (Å²) in [6.45, 7) is 6.70. The standard InChI is InChI=1S/C48H39N5/c1-48(2,3)36-24-22-35(23-25-36)47-50-49-46(34-14-6-4-7-15-34)53(47)41-32-28-39(29-33-41)51(37-16-8-5-9-17-37)38-26-30-40(31-27-38)52-44-20-12-10-18-42(44)43-19-11-13-21-45(43)52/h4-33H,1-3H3. The van der Waals surface area contributed by atoms with E-state index in [0.29, 0.717) is 0 Å². The lowest BCUT2D eigenvalue weighted by molar-refractivity contribution is 0.590. The van der Waals surface area contributed by atoms with E-state index in [1.165, 1.54) is 27.4 Å². The van der Waals surface area contributed by atoms with E-state index in [1.54, 1.807) is 0 Å². The van der Waals surface area contributed by atoms with E-state index in [9.17, 15) is 0 Å². The molecule has 0 aliphatic rings. The smallest absolute Gasteiger partial charge is 0.168 e. The lowest BCUT2D eigenvalue weighted by Crippen LogP contribution is -2.11. The molecule has 9 aromatic rings. The van der Waals surface area contributed by atoms with Crippen molar-refractivity contribution in [1.29, 1.82) is 0 Å². The van der Waals surface area contributed by atoms with Crippen molar-refractivity contribution in [2.45, 2.75) is 26.2 Å². The molecule has 0 N–H and O–H groups in total. The first-order valence-corrected chi connectivity index (χ1v) is 18.1. The van der Waals surface area contributed by atoms with E-state index < -0.39 is 0 Å². The van der Waals surface area contributed by atoms with E-state index in [-0.39, 0.29) is 5.41 Å². The van der Waals surface area contributed by atoms with E-state index in [4.69, 9.17) is 10.2 Å². The highest BCUT2D eigenvalue weighted by molar-refractivity contribution is 6.09. The summed E-state index contributed by atoms with van der Waals surface area (Å²) in [4.78, 5) is 2.30. The van der Waals surface area contributed by atoms with E-state index in [1.807, 2.05) is 18.2 Å². The molecular weight excluding hydrogens is 647 g/mol. The number of hydrogen-bond donors (Lipinski definition) is 0. The molecule has 5 heteroatoms. The maximum Gasteiger partial charge on any atom is 0.168 e. The second-order valence-corrected chi connectivity index (χ2v) is 14.4. The number of anilines is 3. The number of para-hydroxylation sites is 3. The zero-order chi connectivity index (χ0) is 35.9. The minimum atomic E-state index is 0.0627. The van der Waals surface area contributed by atoms with Crippen LogP contribution in [0.3, 0.4) is 0 Å². The van der Waals surface area contributed by atoms with Crippen LogP contribution < -0.4 is 4.90 Å². The Labute approximate surface area is 310 Å². The van der Waals surface area contributed by atoms with Crippen LogP contribution >= 0.6 is 0 Å². The first-order valence-electron chi connectivity index (χ1n) is 18.1. The number of hydrogen-bond acceptors (Lipinski definition) is 3. The van der Waals surface area contributed by atoms with Crippen LogP contribution in [0.25, 0.3) is 56.0 Å². The van der Waals surface area contributed by atoms with Crippen LogP contribution in [0, 0.1) is 0 Å². The fourth-order valence-electron chi connectivity index (χ4n) is 7.34. The molecule has 0 radical (unpaired) electrons. The Bertz CT molecular complexity index is 2610. The molecule has 2 heterocycles. The average molecular weight is 686 g/mol. The van der Waals surface area contributed by atoms with Gasteiger partial charge < -0.3 is 9.47 Å². The molecule has 5 nitrogen and oxygen atoms in total. The summed E-state index contributed by atoms with van der Waals surface area (Å²) in [7, 11) is 0. The topological polar surface area (TPSA) is 38.9 Å². The molecule has 0 aliphatic heterocycles. The molecule has 0 bridgehead atoms. The van der Waals surface area contributed by atoms with Crippen molar-refractivity contribution >= 4 is 38.9 Å². The monoisotopic (exact) mass is 685 g/mol. The summed E-state index contributed by atoms with van der Waals surface area (Å²) >= 11 is 0. The van der Waals surface area contributed by atoms with Crippen molar-refractivity contribution in [3.8, 4) is 34.2 Å². The second-order valence-electron chi connectivity index (χ2n) is 14.4. The first-order chi connectivity index (χ1) is 25.9. The molecule has 7 aromatic carbocycles. The molecule has 0 fully saturated rings. The Balaban J connectivity index is 1.12. The van der Waals surface area contributed by atoms with Gasteiger partial charge in [0.05, 0.1) is 11.0 Å². The summed E-state index contributed by atoms with van der Waals surface area (Å²) in [6, 6.07) is 64.4. The molecule has 0 unspecified atom stereocenters. The van der Waals surface area contributed by atoms with Crippen molar-refractivity contribution in [1.82, 2.24) is 19.3 Å². The molecule has 0 aliphatic carbocycles. The van der Waals surface area contributed by atoms with Crippen molar-refractivity contribution in [2.75, 3.05) is 4.90 Å². The van der Waals surface area contributed by atoms with Gasteiger partial charge in [0.25, 0.3) is 0 Å². The lowest BCUT2D eigenvalue weighted by Gasteiger charge is -2.26. The number of fused-ring (bicyclic) bond motifs is 3. The van der Waals surface area contributed by atoms with Crippen molar-refractivity contribution in [3.05, 3.63) is 188 Å². The van der Waals surface area contributed by atoms with Crippen molar-refractivity contribution in [3.63, 3.8) is 0 Å². The fraction of sp³-hybridized carbons (Fsp3) is 0.0833. The summed E-state index contributed by atoms with van der Waals surface area (Å²) in [5.74, 6) is 1.60. The van der Waals surface area contributed by atoms with E-state index in [0.717, 1.165) is 51.2 Å². The van der Waals surface area contributed by atoms with Gasteiger partial charge >= 0.3 is 0 Å². The number of rotatable bonds is 7. The second kappa shape index (κ2) is 13.1. The van der Waals surface area contributed by atoms with Crippen LogP contribution in [0.1, 0.15) is 26.3 Å². The molecular formula is C48H39N5. The minimum absolute atomic E-state index is 0.0627. The lowest BCUT2D eigenvalue weighted by atomic mass is 9.86. The van der Waals surface area contributed by atoms with Crippen LogP contribution in [0.15, 0.2) is 182 Å². The Hall–Kier alpha value is -6.72. The normalized spacial score (nSPS) is 11.7. The van der Waals surface area contributed by atoms with Crippen LogP contribution in [-0.4, -0.2) is 19.3 Å². The van der Waals surface area contributed by atoms with Gasteiger partial charge in [-0.3, -0.25) is 4.57 Å². The highest BCUT2D eigenvalue weighted by Gasteiger charge is 2.20. The van der Waals surface area contributed by atoms with Gasteiger partial charge in [-0.15, -0.1) is 10.2 Å². The summed E-state index contributed by atoms with van der Waals surface area (Å²) in [5, 5.41) is 12.0. The molecule has 2 aromatic heterocycles. The molecule has 0 saturated carbocycles. The SMILES string of the molecule is CC(C)(C)c1ccc(-c2nnc(-c3ccccc3)n2-c2ccc(N(c3ccccc3)c3ccc(-n4c5ccccc5c5ccccc54)cc3)cc2)cc1. The number of aromatic nitrogens is 4. The summed E-state index contributed by atoms with van der Waals surface area (Å²) in [5.41, 5.74) is 11.1. The fourth-order valence-corrected chi connectivity index (χ4v) is 7.34. The highest BCUT2D eigenvalue weighted by atomic mass is 15.3. The van der Waals surface area contributed by atoms with Crippen LogP contribution in [0.2, 0.25) is 0 Å². The quantitative estimate of drug-likeness (QED) is 0.168. The predicted molar refractivity (Wildman–Crippen MR) is 220 cm³/mol. The van der Waals surface area contributed by atoms with Gasteiger partial charge in [0.2, 0.25) is 0 Å². The van der Waals surface area contributed by atoms with Gasteiger partial charge in [-0.2, -0.15) is 0 Å². The average Bonchev–Trinajstić information content (AvgIpc) is 3.80. The largest absolute Gasteiger partial charge is 0.311 e. The zero-order valence-corrected chi connectivity index (χ0v) is 30.1. The third-order valence-corrected chi connectivity index (χ3v) is 10.0. The minimum Gasteiger partial charge on any atom is -0.311 e. The molecule has 9 rings (SSSR count). The van der Waals surface area contributed by atoms with Gasteiger partial charge in [-0.25, -0.2) is 0 Å². The first kappa shape index (κ1) is 32.2. The van der Waals surface area contributed by atoms with Gasteiger partial charge in [-0.1, -0.05) is 130 Å². The Morgan fingerprint density at radius 1 is 0.396 bits per heavy atom. The van der Waals surface area contributed by atoms with Crippen LogP contribution in [0.4, 0.5) is 17.1 Å². The van der Waals surface area contributed by atoms with E-state index in [2.05, 4.69) is 199 Å². The molecule has 0 atom stereocenters. The van der Waals surface area contributed by atoms with Crippen LogP contribution in [-0.2, 0) is 5.41 Å². The summed E-state index contributed by atoms with van der Waals surface area (Å²) in [6.07, 6.45) is 0. The molecule has 0 saturated heterocycles. The van der Waals surface area contributed by atoms with Gasteiger partial charge in [0.1, 0.15) is 0 Å². The highest BCUT2D eigenvalue weighted by Crippen LogP contribution is 2.38. The predicted octanol–water partition coefficient (Wildman–Crippen LogP) is 12.5. The van der Waals surface area contributed by atoms with Crippen LogP contribution in [0.5, 0.6) is 0 Å². The van der Waals surface area contributed by atoms with Gasteiger partial charge in [0, 0.05) is 50.3 Å². The maximum atomic E-state index is 4.75. The number of benzene rings is 7. The molecule has 0 spiro atoms. The Morgan fingerprint density at radius 2 is 0.811 bits per heavy atom. The molecule has 256 valence electrons. The Morgan fingerprint density at radius 3 is 1.32 bits per heavy atom. The third-order valence-electron chi connectivity index (χ3n) is 10.0. The third kappa shape index (κ3) is 5.86. The summed E-state index contributed by atoms with van der Waals surface area (Å²) < 4.78 is 4.52. The molecule has 0 amide bonds. The zero-order valence-electron chi connectivity index (χ0n) is 30.1.